The van der Waals surface area contributed by atoms with Gasteiger partial charge in [-0.05, 0) is 35.0 Å². The van der Waals surface area contributed by atoms with E-state index in [1.807, 2.05) is 77.5 Å². The summed E-state index contributed by atoms with van der Waals surface area (Å²) in [7, 11) is 0. The van der Waals surface area contributed by atoms with Gasteiger partial charge < -0.3 is 14.0 Å². The van der Waals surface area contributed by atoms with Gasteiger partial charge in [0, 0.05) is 18.7 Å². The number of carbonyl (C=O) groups is 1. The normalized spacial score (nSPS) is 12.8. The molecule has 136 valence electrons. The molecule has 0 bridgehead atoms. The van der Waals surface area contributed by atoms with Crippen molar-refractivity contribution in [2.24, 2.45) is 0 Å². The smallest absolute Gasteiger partial charge is 0.308 e. The first-order valence-corrected chi connectivity index (χ1v) is 9.08. The lowest BCUT2D eigenvalue weighted by molar-refractivity contribution is -0.134. The Bertz CT molecular complexity index is 1240. The van der Waals surface area contributed by atoms with Crippen molar-refractivity contribution >= 4 is 28.3 Å². The zero-order valence-electron chi connectivity index (χ0n) is 15.3. The molecule has 2 heterocycles. The van der Waals surface area contributed by atoms with Crippen LogP contribution in [0, 0.1) is 0 Å². The molecule has 0 fully saturated rings. The summed E-state index contributed by atoms with van der Waals surface area (Å²) < 4.78 is 14.1. The van der Waals surface area contributed by atoms with Gasteiger partial charge in [0.2, 0.25) is 0 Å². The Hall–Kier alpha value is -3.79. The number of carbonyl (C=O) groups excluding carboxylic acids is 1. The van der Waals surface area contributed by atoms with E-state index in [-0.39, 0.29) is 0 Å². The molecule has 0 saturated carbocycles. The van der Waals surface area contributed by atoms with Gasteiger partial charge in [0.05, 0.1) is 11.4 Å². The van der Waals surface area contributed by atoms with E-state index in [1.54, 1.807) is 0 Å². The minimum atomic E-state index is -0.393. The van der Waals surface area contributed by atoms with Gasteiger partial charge in [-0.15, -0.1) is 0 Å². The standard InChI is InChI=1S/C24H17NO3/c1-16(26)27-24-21-13-7-15-25(21)20-12-4-5-14-22(20)28-23(24)19-11-6-9-17-8-2-3-10-18(17)19/h2-15H,1H3. The minimum absolute atomic E-state index is 0.393. The number of rotatable bonds is 2. The number of hydrogen-bond donors (Lipinski definition) is 0. The van der Waals surface area contributed by atoms with Crippen molar-refractivity contribution in [3.63, 3.8) is 0 Å². The summed E-state index contributed by atoms with van der Waals surface area (Å²) in [6.45, 7) is 1.40. The van der Waals surface area contributed by atoms with Crippen LogP contribution in [0.25, 0.3) is 28.0 Å². The van der Waals surface area contributed by atoms with E-state index in [1.165, 1.54) is 6.92 Å². The molecule has 4 nitrogen and oxygen atoms in total. The molecule has 1 aromatic heterocycles. The highest BCUT2D eigenvalue weighted by Gasteiger charge is 2.27. The Kier molecular flexibility index (Phi) is 3.76. The van der Waals surface area contributed by atoms with E-state index in [4.69, 9.17) is 9.47 Å². The lowest BCUT2D eigenvalue weighted by Gasteiger charge is -2.15. The van der Waals surface area contributed by atoms with E-state index in [0.29, 0.717) is 17.3 Å². The van der Waals surface area contributed by atoms with Crippen LogP contribution in [0.5, 0.6) is 5.75 Å². The first-order valence-electron chi connectivity index (χ1n) is 9.08. The van der Waals surface area contributed by atoms with Crippen molar-refractivity contribution in [3.8, 4) is 11.4 Å². The Morgan fingerprint density at radius 1 is 0.893 bits per heavy atom. The molecular weight excluding hydrogens is 350 g/mol. The van der Waals surface area contributed by atoms with E-state index in [0.717, 1.165) is 27.7 Å². The van der Waals surface area contributed by atoms with E-state index in [2.05, 4.69) is 12.1 Å². The van der Waals surface area contributed by atoms with Crippen LogP contribution in [0.1, 0.15) is 18.2 Å². The van der Waals surface area contributed by atoms with Gasteiger partial charge in [-0.2, -0.15) is 0 Å². The van der Waals surface area contributed by atoms with Gasteiger partial charge in [-0.1, -0.05) is 54.6 Å². The molecule has 1 aliphatic heterocycles. The van der Waals surface area contributed by atoms with Gasteiger partial charge in [0.1, 0.15) is 0 Å². The second-order valence-electron chi connectivity index (χ2n) is 6.61. The van der Waals surface area contributed by atoms with Crippen LogP contribution in [0.3, 0.4) is 0 Å². The summed E-state index contributed by atoms with van der Waals surface area (Å²) in [6, 6.07) is 25.8. The van der Waals surface area contributed by atoms with Crippen LogP contribution in [-0.4, -0.2) is 10.5 Å². The van der Waals surface area contributed by atoms with Gasteiger partial charge in [0.15, 0.2) is 17.3 Å². The Labute approximate surface area is 162 Å². The minimum Gasteiger partial charge on any atom is -0.450 e. The predicted octanol–water partition coefficient (Wildman–Crippen LogP) is 5.41. The first-order chi connectivity index (χ1) is 13.7. The Balaban J connectivity index is 1.86. The lowest BCUT2D eigenvalue weighted by atomic mass is 10.0. The topological polar surface area (TPSA) is 40.5 Å². The number of para-hydroxylation sites is 2. The number of benzene rings is 3. The van der Waals surface area contributed by atoms with Crippen molar-refractivity contribution in [3.05, 3.63) is 96.3 Å². The van der Waals surface area contributed by atoms with Crippen molar-refractivity contribution in [2.45, 2.75) is 6.92 Å². The van der Waals surface area contributed by atoms with Gasteiger partial charge in [0.25, 0.3) is 0 Å². The fourth-order valence-electron chi connectivity index (χ4n) is 3.63. The summed E-state index contributed by atoms with van der Waals surface area (Å²) in [5, 5.41) is 2.12. The quantitative estimate of drug-likeness (QED) is 0.445. The number of nitrogens with zero attached hydrogens (tertiary/aromatic N) is 1. The molecule has 0 saturated heterocycles. The summed E-state index contributed by atoms with van der Waals surface area (Å²) in [4.78, 5) is 11.9. The number of ether oxygens (including phenoxy) is 2. The molecule has 4 aromatic rings. The van der Waals surface area contributed by atoms with E-state index < -0.39 is 5.97 Å². The largest absolute Gasteiger partial charge is 0.450 e. The van der Waals surface area contributed by atoms with Crippen molar-refractivity contribution < 1.29 is 14.3 Å². The number of esters is 1. The van der Waals surface area contributed by atoms with Crippen LogP contribution in [0.4, 0.5) is 0 Å². The predicted molar refractivity (Wildman–Crippen MR) is 109 cm³/mol. The van der Waals surface area contributed by atoms with Crippen LogP contribution in [0.15, 0.2) is 85.1 Å². The molecule has 0 spiro atoms. The molecule has 0 N–H and O–H groups in total. The van der Waals surface area contributed by atoms with Crippen LogP contribution in [0.2, 0.25) is 0 Å². The van der Waals surface area contributed by atoms with Crippen LogP contribution in [-0.2, 0) is 9.53 Å². The second-order valence-corrected chi connectivity index (χ2v) is 6.61. The molecule has 0 unspecified atom stereocenters. The average molecular weight is 367 g/mol. The molecule has 0 aliphatic carbocycles. The molecular formula is C24H17NO3. The molecule has 0 radical (unpaired) electrons. The summed E-state index contributed by atoms with van der Waals surface area (Å²) in [5.41, 5.74) is 2.53. The van der Waals surface area contributed by atoms with Crippen molar-refractivity contribution in [1.82, 2.24) is 4.57 Å². The second kappa shape index (κ2) is 6.43. The highest BCUT2D eigenvalue weighted by molar-refractivity contribution is 6.00. The third kappa shape index (κ3) is 2.58. The molecule has 5 rings (SSSR count). The highest BCUT2D eigenvalue weighted by Crippen LogP contribution is 2.40. The maximum absolute atomic E-state index is 11.9. The molecule has 1 aliphatic rings. The van der Waals surface area contributed by atoms with Gasteiger partial charge >= 0.3 is 5.97 Å². The number of aromatic nitrogens is 1. The number of fused-ring (bicyclic) bond motifs is 4. The Morgan fingerprint density at radius 3 is 2.57 bits per heavy atom. The Morgan fingerprint density at radius 2 is 1.68 bits per heavy atom. The van der Waals surface area contributed by atoms with Crippen molar-refractivity contribution in [2.75, 3.05) is 0 Å². The number of hydrogen-bond acceptors (Lipinski definition) is 3. The first kappa shape index (κ1) is 16.4. The fourth-order valence-corrected chi connectivity index (χ4v) is 3.63. The third-order valence-corrected chi connectivity index (χ3v) is 4.80. The maximum atomic E-state index is 11.9. The zero-order valence-corrected chi connectivity index (χ0v) is 15.3. The van der Waals surface area contributed by atoms with Crippen molar-refractivity contribution in [1.29, 1.82) is 0 Å². The van der Waals surface area contributed by atoms with E-state index in [9.17, 15) is 4.79 Å². The van der Waals surface area contributed by atoms with Crippen LogP contribution >= 0.6 is 0 Å². The monoisotopic (exact) mass is 367 g/mol. The summed E-state index contributed by atoms with van der Waals surface area (Å²) in [6.07, 6.45) is 1.94. The highest BCUT2D eigenvalue weighted by atomic mass is 16.6. The average Bonchev–Trinajstić information content (AvgIpc) is 3.15. The summed E-state index contributed by atoms with van der Waals surface area (Å²) in [5.74, 6) is 1.24. The van der Waals surface area contributed by atoms with Gasteiger partial charge in [-0.25, -0.2) is 0 Å². The third-order valence-electron chi connectivity index (χ3n) is 4.80. The maximum Gasteiger partial charge on any atom is 0.308 e. The SMILES string of the molecule is CC(=O)OC1=C(c2cccc3ccccc23)Oc2ccccc2-n2cccc21. The molecule has 0 atom stereocenters. The van der Waals surface area contributed by atoms with E-state index >= 15 is 0 Å². The molecule has 4 heteroatoms. The lowest BCUT2D eigenvalue weighted by Crippen LogP contribution is -2.06. The van der Waals surface area contributed by atoms with Crippen LogP contribution < -0.4 is 4.74 Å². The van der Waals surface area contributed by atoms with Gasteiger partial charge in [-0.3, -0.25) is 4.79 Å². The fraction of sp³-hybridized carbons (Fsp3) is 0.0417. The molecule has 0 amide bonds. The molecule has 3 aromatic carbocycles. The summed E-state index contributed by atoms with van der Waals surface area (Å²) >= 11 is 0. The zero-order chi connectivity index (χ0) is 19.1. The molecule has 28 heavy (non-hydrogen) atoms.